The van der Waals surface area contributed by atoms with Crippen LogP contribution in [0.5, 0.6) is 0 Å². The number of amides is 1. The molecule has 1 aliphatic carbocycles. The molecule has 2 atom stereocenters. The van der Waals surface area contributed by atoms with Crippen LogP contribution in [0.4, 0.5) is 0 Å². The van der Waals surface area contributed by atoms with Gasteiger partial charge in [-0.25, -0.2) is 0 Å². The van der Waals surface area contributed by atoms with Gasteiger partial charge in [-0.1, -0.05) is 79.9 Å². The van der Waals surface area contributed by atoms with E-state index in [9.17, 15) is 14.4 Å². The third-order valence-electron chi connectivity index (χ3n) is 6.69. The molecule has 6 heteroatoms. The highest BCUT2D eigenvalue weighted by atomic mass is 16.6. The van der Waals surface area contributed by atoms with E-state index in [1.54, 1.807) is 4.90 Å². The number of methoxy groups -OCH3 is 1. The standard InChI is InChI=1S/C26H29NO5/c1-18(28)32-26(19-12-6-3-7-13-19,20-14-8-4-9-15-20)23-22(25(30)31-2)24(29)27(23)21-16-10-5-11-17-21/h3-4,6-9,12-15,21-23H,5,10-11,16-17H2,1-2H3/t22-,23+/m1/s1. The molecule has 0 unspecified atom stereocenters. The zero-order chi connectivity index (χ0) is 22.7. The predicted octanol–water partition coefficient (Wildman–Crippen LogP) is 3.83. The van der Waals surface area contributed by atoms with Crippen molar-refractivity contribution in [2.24, 2.45) is 5.92 Å². The first-order valence-corrected chi connectivity index (χ1v) is 11.2. The highest BCUT2D eigenvalue weighted by Gasteiger charge is 2.65. The first-order valence-electron chi connectivity index (χ1n) is 11.2. The summed E-state index contributed by atoms with van der Waals surface area (Å²) in [7, 11) is 1.29. The molecule has 32 heavy (non-hydrogen) atoms. The SMILES string of the molecule is COC(=O)[C@H]1C(=O)N(C2CCCCC2)[C@@H]1C(OC(C)=O)(c1ccccc1)c1ccccc1. The third-order valence-corrected chi connectivity index (χ3v) is 6.69. The van der Waals surface area contributed by atoms with E-state index in [0.717, 1.165) is 32.1 Å². The van der Waals surface area contributed by atoms with Crippen molar-refractivity contribution < 1.29 is 23.9 Å². The summed E-state index contributed by atoms with van der Waals surface area (Å²) in [4.78, 5) is 40.5. The number of ether oxygens (including phenoxy) is 2. The van der Waals surface area contributed by atoms with Gasteiger partial charge in [-0.2, -0.15) is 0 Å². The molecule has 1 aliphatic heterocycles. The summed E-state index contributed by atoms with van der Waals surface area (Å²) in [5.74, 6) is -2.38. The first kappa shape index (κ1) is 22.1. The summed E-state index contributed by atoms with van der Waals surface area (Å²) < 4.78 is 11.2. The lowest BCUT2D eigenvalue weighted by Crippen LogP contribution is -2.74. The average Bonchev–Trinajstić information content (AvgIpc) is 2.82. The van der Waals surface area contributed by atoms with E-state index in [2.05, 4.69) is 0 Å². The monoisotopic (exact) mass is 435 g/mol. The van der Waals surface area contributed by atoms with E-state index in [0.29, 0.717) is 11.1 Å². The van der Waals surface area contributed by atoms with Gasteiger partial charge in [0, 0.05) is 24.1 Å². The Labute approximate surface area is 188 Å². The van der Waals surface area contributed by atoms with Crippen LogP contribution in [0.3, 0.4) is 0 Å². The molecule has 0 aromatic heterocycles. The first-order chi connectivity index (χ1) is 15.5. The second-order valence-electron chi connectivity index (χ2n) is 8.54. The Balaban J connectivity index is 1.94. The lowest BCUT2D eigenvalue weighted by atomic mass is 9.67. The summed E-state index contributed by atoms with van der Waals surface area (Å²) in [6.07, 6.45) is 4.93. The van der Waals surface area contributed by atoms with Crippen molar-refractivity contribution in [1.82, 2.24) is 4.90 Å². The van der Waals surface area contributed by atoms with Crippen LogP contribution in [-0.2, 0) is 29.5 Å². The summed E-state index contributed by atoms with van der Waals surface area (Å²) in [6.45, 7) is 1.36. The fourth-order valence-corrected chi connectivity index (χ4v) is 5.35. The number of esters is 2. The van der Waals surface area contributed by atoms with Crippen LogP contribution in [0.25, 0.3) is 0 Å². The fourth-order valence-electron chi connectivity index (χ4n) is 5.35. The van der Waals surface area contributed by atoms with Crippen LogP contribution in [0.15, 0.2) is 60.7 Å². The zero-order valence-electron chi connectivity index (χ0n) is 18.5. The minimum absolute atomic E-state index is 0.00418. The van der Waals surface area contributed by atoms with Crippen molar-refractivity contribution >= 4 is 17.8 Å². The Kier molecular flexibility index (Phi) is 6.31. The molecule has 2 aliphatic rings. The molecule has 2 aromatic carbocycles. The Bertz CT molecular complexity index is 929. The molecule has 2 aromatic rings. The van der Waals surface area contributed by atoms with Gasteiger partial charge in [-0.3, -0.25) is 14.4 Å². The van der Waals surface area contributed by atoms with Gasteiger partial charge in [0.05, 0.1) is 7.11 Å². The highest BCUT2D eigenvalue weighted by molar-refractivity contribution is 6.04. The maximum absolute atomic E-state index is 13.4. The van der Waals surface area contributed by atoms with Crippen molar-refractivity contribution in [3.63, 3.8) is 0 Å². The van der Waals surface area contributed by atoms with E-state index in [4.69, 9.17) is 9.47 Å². The summed E-state index contributed by atoms with van der Waals surface area (Å²) in [5, 5.41) is 0. The normalized spacial score (nSPS) is 21.6. The van der Waals surface area contributed by atoms with Crippen molar-refractivity contribution in [1.29, 1.82) is 0 Å². The summed E-state index contributed by atoms with van der Waals surface area (Å²) >= 11 is 0. The number of carbonyl (C=O) groups is 3. The molecule has 1 saturated carbocycles. The van der Waals surface area contributed by atoms with Gasteiger partial charge < -0.3 is 14.4 Å². The number of nitrogens with zero attached hydrogens (tertiary/aromatic N) is 1. The van der Waals surface area contributed by atoms with E-state index < -0.39 is 29.5 Å². The van der Waals surface area contributed by atoms with Crippen molar-refractivity contribution in [2.75, 3.05) is 7.11 Å². The minimum atomic E-state index is -1.33. The van der Waals surface area contributed by atoms with Gasteiger partial charge in [0.15, 0.2) is 11.5 Å². The lowest BCUT2D eigenvalue weighted by molar-refractivity contribution is -0.201. The number of hydrogen-bond donors (Lipinski definition) is 0. The summed E-state index contributed by atoms with van der Waals surface area (Å²) in [6, 6.07) is 18.1. The van der Waals surface area contributed by atoms with Crippen molar-refractivity contribution in [3.05, 3.63) is 71.8 Å². The summed E-state index contributed by atoms with van der Waals surface area (Å²) in [5.41, 5.74) is 0.0979. The number of benzene rings is 2. The number of carbonyl (C=O) groups excluding carboxylic acids is 3. The van der Waals surface area contributed by atoms with Gasteiger partial charge in [-0.05, 0) is 12.8 Å². The lowest BCUT2D eigenvalue weighted by Gasteiger charge is -2.57. The Morgan fingerprint density at radius 3 is 1.91 bits per heavy atom. The highest BCUT2D eigenvalue weighted by Crippen LogP contribution is 2.50. The predicted molar refractivity (Wildman–Crippen MR) is 118 cm³/mol. The maximum atomic E-state index is 13.4. The number of β-lactam (4-membered cyclic amide) rings is 1. The molecule has 168 valence electrons. The minimum Gasteiger partial charge on any atom is -0.468 e. The van der Waals surface area contributed by atoms with E-state index in [1.807, 2.05) is 60.7 Å². The average molecular weight is 436 g/mol. The van der Waals surface area contributed by atoms with Crippen LogP contribution in [0.2, 0.25) is 0 Å². The van der Waals surface area contributed by atoms with Gasteiger partial charge in [0.2, 0.25) is 5.91 Å². The number of rotatable bonds is 6. The topological polar surface area (TPSA) is 72.9 Å². The van der Waals surface area contributed by atoms with Gasteiger partial charge in [-0.15, -0.1) is 0 Å². The number of likely N-dealkylation sites (tertiary alicyclic amines) is 1. The molecule has 0 spiro atoms. The smallest absolute Gasteiger partial charge is 0.320 e. The Hall–Kier alpha value is -3.15. The van der Waals surface area contributed by atoms with E-state index >= 15 is 0 Å². The van der Waals surface area contributed by atoms with Crippen molar-refractivity contribution in [2.45, 2.75) is 56.7 Å². The molecule has 1 heterocycles. The number of hydrogen-bond acceptors (Lipinski definition) is 5. The maximum Gasteiger partial charge on any atom is 0.320 e. The van der Waals surface area contributed by atoms with Crippen LogP contribution in [0.1, 0.15) is 50.2 Å². The molecule has 0 N–H and O–H groups in total. The quantitative estimate of drug-likeness (QED) is 0.392. The molecular formula is C26H29NO5. The molecule has 1 amide bonds. The second-order valence-corrected chi connectivity index (χ2v) is 8.54. The van der Waals surface area contributed by atoms with Gasteiger partial charge >= 0.3 is 11.9 Å². The fraction of sp³-hybridized carbons (Fsp3) is 0.423. The largest absolute Gasteiger partial charge is 0.468 e. The van der Waals surface area contributed by atoms with Gasteiger partial charge in [0.25, 0.3) is 0 Å². The third kappa shape index (κ3) is 3.68. The van der Waals surface area contributed by atoms with Crippen LogP contribution >= 0.6 is 0 Å². The van der Waals surface area contributed by atoms with Crippen molar-refractivity contribution in [3.8, 4) is 0 Å². The van der Waals surface area contributed by atoms with Crippen LogP contribution in [0, 0.1) is 5.92 Å². The van der Waals surface area contributed by atoms with Crippen LogP contribution < -0.4 is 0 Å². The molecule has 4 rings (SSSR count). The Morgan fingerprint density at radius 1 is 0.906 bits per heavy atom. The molecule has 6 nitrogen and oxygen atoms in total. The molecular weight excluding hydrogens is 406 g/mol. The molecule has 1 saturated heterocycles. The van der Waals surface area contributed by atoms with E-state index in [-0.39, 0.29) is 11.9 Å². The molecule has 0 bridgehead atoms. The molecule has 2 fully saturated rings. The second kappa shape index (κ2) is 9.15. The van der Waals surface area contributed by atoms with E-state index in [1.165, 1.54) is 14.0 Å². The zero-order valence-corrected chi connectivity index (χ0v) is 18.5. The molecule has 0 radical (unpaired) electrons. The Morgan fingerprint density at radius 2 is 1.44 bits per heavy atom. The van der Waals surface area contributed by atoms with Crippen LogP contribution in [-0.4, -0.2) is 41.9 Å². The van der Waals surface area contributed by atoms with Gasteiger partial charge in [0.1, 0.15) is 6.04 Å².